The summed E-state index contributed by atoms with van der Waals surface area (Å²) in [6, 6.07) is 15.8. The van der Waals surface area contributed by atoms with Gasteiger partial charge in [0.2, 0.25) is 0 Å². The average Bonchev–Trinajstić information content (AvgIpc) is 2.88. The molecule has 2 aromatic rings. The Morgan fingerprint density at radius 3 is 2.72 bits per heavy atom. The van der Waals surface area contributed by atoms with Crippen LogP contribution in [-0.2, 0) is 11.2 Å². The minimum Gasteiger partial charge on any atom is -0.496 e. The summed E-state index contributed by atoms with van der Waals surface area (Å²) in [6.07, 6.45) is 2.62. The number of thiocarbonyl (C=S) groups is 1. The maximum Gasteiger partial charge on any atom is 0.266 e. The number of hydrogen-bond donors (Lipinski definition) is 0. The van der Waals surface area contributed by atoms with Crippen molar-refractivity contribution in [3.63, 3.8) is 0 Å². The topological polar surface area (TPSA) is 29.5 Å². The number of halogens is 1. The summed E-state index contributed by atoms with van der Waals surface area (Å²) in [7, 11) is 1.62. The van der Waals surface area contributed by atoms with Gasteiger partial charge in [-0.15, -0.1) is 0 Å². The zero-order chi connectivity index (χ0) is 17.8. The molecule has 0 saturated carbocycles. The minimum atomic E-state index is -0.0482. The quantitative estimate of drug-likeness (QED) is 0.495. The van der Waals surface area contributed by atoms with Gasteiger partial charge in [0.05, 0.1) is 12.0 Å². The summed E-state index contributed by atoms with van der Waals surface area (Å²) >= 11 is 10.2. The number of hydrogen-bond acceptors (Lipinski definition) is 4. The van der Waals surface area contributed by atoms with Gasteiger partial charge in [-0.05, 0) is 36.3 Å². The van der Waals surface area contributed by atoms with Gasteiger partial charge in [0.1, 0.15) is 10.1 Å². The first-order chi connectivity index (χ1) is 12.1. The van der Waals surface area contributed by atoms with E-state index in [1.807, 2.05) is 42.5 Å². The lowest BCUT2D eigenvalue weighted by atomic mass is 10.1. The third-order valence-corrected chi connectivity index (χ3v) is 5.69. The molecule has 1 saturated heterocycles. The third-order valence-electron chi connectivity index (χ3n) is 3.82. The van der Waals surface area contributed by atoms with Crippen molar-refractivity contribution in [2.45, 2.75) is 6.42 Å². The summed E-state index contributed by atoms with van der Waals surface area (Å²) in [4.78, 5) is 15.0. The Morgan fingerprint density at radius 2 is 2.00 bits per heavy atom. The molecule has 1 fully saturated rings. The van der Waals surface area contributed by atoms with Crippen molar-refractivity contribution in [3.05, 3.63) is 69.0 Å². The lowest BCUT2D eigenvalue weighted by molar-refractivity contribution is -0.122. The fourth-order valence-electron chi connectivity index (χ4n) is 2.54. The smallest absolute Gasteiger partial charge is 0.266 e. The van der Waals surface area contributed by atoms with Crippen molar-refractivity contribution in [3.8, 4) is 5.75 Å². The molecule has 0 atom stereocenters. The predicted molar refractivity (Wildman–Crippen MR) is 111 cm³/mol. The van der Waals surface area contributed by atoms with E-state index in [0.29, 0.717) is 15.8 Å². The van der Waals surface area contributed by atoms with Crippen LogP contribution >= 0.6 is 39.9 Å². The Hall–Kier alpha value is -1.63. The molecule has 2 aromatic carbocycles. The molecular formula is C19H16BrNO2S2. The van der Waals surface area contributed by atoms with Crippen LogP contribution < -0.4 is 4.74 Å². The van der Waals surface area contributed by atoms with Crippen LogP contribution in [0.2, 0.25) is 0 Å². The average molecular weight is 434 g/mol. The molecule has 3 rings (SSSR count). The highest BCUT2D eigenvalue weighted by Gasteiger charge is 2.31. The SMILES string of the molecule is COc1ccc(Br)cc1/C=C1/SC(=S)N(CCc2ccccc2)C1=O. The first-order valence-electron chi connectivity index (χ1n) is 7.71. The van der Waals surface area contributed by atoms with Crippen molar-refractivity contribution in [2.24, 2.45) is 0 Å². The van der Waals surface area contributed by atoms with Crippen LogP contribution in [-0.4, -0.2) is 28.8 Å². The van der Waals surface area contributed by atoms with Crippen LogP contribution in [0.25, 0.3) is 6.08 Å². The standard InChI is InChI=1S/C19H16BrNO2S2/c1-23-16-8-7-15(20)11-14(16)12-17-18(22)21(19(24)25-17)10-9-13-5-3-2-4-6-13/h2-8,11-12H,9-10H2,1H3/b17-12+. The number of amides is 1. The van der Waals surface area contributed by atoms with Crippen LogP contribution in [0.3, 0.4) is 0 Å². The molecular weight excluding hydrogens is 418 g/mol. The molecule has 0 spiro atoms. The molecule has 0 bridgehead atoms. The molecule has 1 amide bonds. The van der Waals surface area contributed by atoms with Gasteiger partial charge >= 0.3 is 0 Å². The lowest BCUT2D eigenvalue weighted by Crippen LogP contribution is -2.30. The van der Waals surface area contributed by atoms with Crippen LogP contribution in [0.1, 0.15) is 11.1 Å². The van der Waals surface area contributed by atoms with E-state index in [1.54, 1.807) is 12.0 Å². The number of thioether (sulfide) groups is 1. The second-order valence-electron chi connectivity index (χ2n) is 5.46. The Balaban J connectivity index is 1.78. The number of ether oxygens (including phenoxy) is 1. The fourth-order valence-corrected chi connectivity index (χ4v) is 4.22. The predicted octanol–water partition coefficient (Wildman–Crippen LogP) is 4.90. The van der Waals surface area contributed by atoms with E-state index in [-0.39, 0.29) is 5.91 Å². The van der Waals surface area contributed by atoms with Gasteiger partial charge in [0.15, 0.2) is 0 Å². The van der Waals surface area contributed by atoms with Crippen molar-refractivity contribution >= 4 is 56.2 Å². The van der Waals surface area contributed by atoms with E-state index in [9.17, 15) is 4.79 Å². The number of benzene rings is 2. The van der Waals surface area contributed by atoms with Crippen molar-refractivity contribution in [1.29, 1.82) is 0 Å². The summed E-state index contributed by atoms with van der Waals surface area (Å²) in [6.45, 7) is 0.585. The van der Waals surface area contributed by atoms with E-state index in [1.165, 1.54) is 17.3 Å². The molecule has 0 N–H and O–H groups in total. The van der Waals surface area contributed by atoms with Crippen molar-refractivity contribution in [2.75, 3.05) is 13.7 Å². The highest BCUT2D eigenvalue weighted by atomic mass is 79.9. The van der Waals surface area contributed by atoms with Gasteiger partial charge in [0.25, 0.3) is 5.91 Å². The highest BCUT2D eigenvalue weighted by molar-refractivity contribution is 9.10. The number of carbonyl (C=O) groups is 1. The van der Waals surface area contributed by atoms with Crippen molar-refractivity contribution < 1.29 is 9.53 Å². The first kappa shape index (κ1) is 18.2. The van der Waals surface area contributed by atoms with Gasteiger partial charge in [-0.3, -0.25) is 9.69 Å². The Bertz CT molecular complexity index is 837. The number of rotatable bonds is 5. The summed E-state index contributed by atoms with van der Waals surface area (Å²) in [5, 5.41) is 0. The molecule has 1 heterocycles. The number of methoxy groups -OCH3 is 1. The molecule has 1 aliphatic rings. The van der Waals surface area contributed by atoms with Gasteiger partial charge in [-0.2, -0.15) is 0 Å². The Labute approximate surface area is 165 Å². The molecule has 128 valence electrons. The lowest BCUT2D eigenvalue weighted by Gasteiger charge is -2.14. The van der Waals surface area contributed by atoms with Gasteiger partial charge in [-0.25, -0.2) is 0 Å². The van der Waals surface area contributed by atoms with E-state index in [0.717, 1.165) is 22.2 Å². The maximum atomic E-state index is 12.7. The molecule has 0 aliphatic carbocycles. The van der Waals surface area contributed by atoms with E-state index in [4.69, 9.17) is 17.0 Å². The van der Waals surface area contributed by atoms with Crippen molar-refractivity contribution in [1.82, 2.24) is 4.90 Å². The summed E-state index contributed by atoms with van der Waals surface area (Å²) < 4.78 is 6.90. The van der Waals surface area contributed by atoms with E-state index >= 15 is 0 Å². The summed E-state index contributed by atoms with van der Waals surface area (Å²) in [5.74, 6) is 0.672. The molecule has 6 heteroatoms. The second-order valence-corrected chi connectivity index (χ2v) is 8.05. The van der Waals surface area contributed by atoms with Crippen LogP contribution in [0, 0.1) is 0 Å². The third kappa shape index (κ3) is 4.32. The van der Waals surface area contributed by atoms with Crippen LogP contribution in [0.5, 0.6) is 5.75 Å². The molecule has 0 unspecified atom stereocenters. The van der Waals surface area contributed by atoms with Crippen LogP contribution in [0.4, 0.5) is 0 Å². The fraction of sp³-hybridized carbons (Fsp3) is 0.158. The highest BCUT2D eigenvalue weighted by Crippen LogP contribution is 2.35. The molecule has 25 heavy (non-hydrogen) atoms. The molecule has 1 aliphatic heterocycles. The monoisotopic (exact) mass is 433 g/mol. The van der Waals surface area contributed by atoms with Gasteiger partial charge < -0.3 is 4.74 Å². The van der Waals surface area contributed by atoms with E-state index in [2.05, 4.69) is 28.1 Å². The number of nitrogens with zero attached hydrogens (tertiary/aromatic N) is 1. The Kier molecular flexibility index (Phi) is 5.93. The first-order valence-corrected chi connectivity index (χ1v) is 9.73. The summed E-state index contributed by atoms with van der Waals surface area (Å²) in [5.41, 5.74) is 2.04. The van der Waals surface area contributed by atoms with Crippen LogP contribution in [0.15, 0.2) is 57.9 Å². The minimum absolute atomic E-state index is 0.0482. The zero-order valence-corrected chi connectivity index (χ0v) is 16.8. The van der Waals surface area contributed by atoms with E-state index < -0.39 is 0 Å². The van der Waals surface area contributed by atoms with Gasteiger partial charge in [0, 0.05) is 16.6 Å². The largest absolute Gasteiger partial charge is 0.496 e. The maximum absolute atomic E-state index is 12.7. The normalized spacial score (nSPS) is 15.9. The number of carbonyl (C=O) groups excluding carboxylic acids is 1. The second kappa shape index (κ2) is 8.17. The molecule has 0 aromatic heterocycles. The zero-order valence-electron chi connectivity index (χ0n) is 13.6. The van der Waals surface area contributed by atoms with Gasteiger partial charge in [-0.1, -0.05) is 70.2 Å². The molecule has 0 radical (unpaired) electrons. The Morgan fingerprint density at radius 1 is 1.24 bits per heavy atom. The molecule has 3 nitrogen and oxygen atoms in total.